The van der Waals surface area contributed by atoms with Gasteiger partial charge in [-0.2, -0.15) is 5.10 Å². The highest BCUT2D eigenvalue weighted by Gasteiger charge is 2.07. The third-order valence-corrected chi connectivity index (χ3v) is 2.11. The Labute approximate surface area is 87.6 Å². The molecule has 4 heteroatoms. The maximum Gasteiger partial charge on any atom is 0.168 e. The first-order chi connectivity index (χ1) is 7.25. The van der Waals surface area contributed by atoms with Gasteiger partial charge in [0, 0.05) is 37.6 Å². The zero-order valence-corrected chi connectivity index (χ0v) is 8.42. The van der Waals surface area contributed by atoms with Gasteiger partial charge in [-0.3, -0.25) is 14.5 Å². The van der Waals surface area contributed by atoms with E-state index in [2.05, 4.69) is 10.1 Å². The molecule has 2 heterocycles. The van der Waals surface area contributed by atoms with Crippen LogP contribution in [0.15, 0.2) is 36.9 Å². The molecule has 0 aromatic carbocycles. The van der Waals surface area contributed by atoms with Crippen LogP contribution in [0.3, 0.4) is 0 Å². The molecule has 2 aromatic heterocycles. The molecule has 0 aliphatic rings. The van der Waals surface area contributed by atoms with Gasteiger partial charge >= 0.3 is 0 Å². The molecule has 0 saturated heterocycles. The largest absolute Gasteiger partial charge is 0.294 e. The molecule has 15 heavy (non-hydrogen) atoms. The molecule has 0 saturated carbocycles. The number of aryl methyl sites for hydroxylation is 1. The molecule has 4 nitrogen and oxygen atoms in total. The fourth-order valence-corrected chi connectivity index (χ4v) is 1.38. The summed E-state index contributed by atoms with van der Waals surface area (Å²) < 4.78 is 1.69. The van der Waals surface area contributed by atoms with E-state index in [0.717, 1.165) is 5.56 Å². The first kappa shape index (κ1) is 9.58. The molecular formula is C11H11N3O. The maximum absolute atomic E-state index is 11.7. The number of hydrogen-bond donors (Lipinski definition) is 0. The third-order valence-electron chi connectivity index (χ3n) is 2.11. The van der Waals surface area contributed by atoms with Crippen LogP contribution in [0.1, 0.15) is 15.9 Å². The van der Waals surface area contributed by atoms with Gasteiger partial charge in [0.15, 0.2) is 5.78 Å². The number of Topliss-reactive ketones (excluding diaryl/α,β-unsaturated/α-hetero) is 1. The maximum atomic E-state index is 11.7. The number of ketones is 1. The Kier molecular flexibility index (Phi) is 2.58. The second kappa shape index (κ2) is 4.04. The highest BCUT2D eigenvalue weighted by Crippen LogP contribution is 2.05. The van der Waals surface area contributed by atoms with Crippen LogP contribution in [-0.4, -0.2) is 20.5 Å². The second-order valence-electron chi connectivity index (χ2n) is 3.36. The van der Waals surface area contributed by atoms with E-state index in [1.54, 1.807) is 35.4 Å². The summed E-state index contributed by atoms with van der Waals surface area (Å²) >= 11 is 0. The molecular weight excluding hydrogens is 190 g/mol. The van der Waals surface area contributed by atoms with Crippen LogP contribution in [0.4, 0.5) is 0 Å². The normalized spacial score (nSPS) is 10.2. The molecule has 2 rings (SSSR count). The van der Waals surface area contributed by atoms with Crippen molar-refractivity contribution in [3.8, 4) is 0 Å². The van der Waals surface area contributed by atoms with E-state index in [9.17, 15) is 4.79 Å². The molecule has 76 valence electrons. The predicted octanol–water partition coefficient (Wildman–Crippen LogP) is 1.24. The Bertz CT molecular complexity index is 462. The van der Waals surface area contributed by atoms with Gasteiger partial charge in [0.05, 0.1) is 6.20 Å². The molecule has 0 N–H and O–H groups in total. The van der Waals surface area contributed by atoms with Crippen LogP contribution < -0.4 is 0 Å². The first-order valence-electron chi connectivity index (χ1n) is 4.66. The summed E-state index contributed by atoms with van der Waals surface area (Å²) in [5.41, 5.74) is 1.56. The van der Waals surface area contributed by atoms with Crippen LogP contribution in [-0.2, 0) is 13.5 Å². The quantitative estimate of drug-likeness (QED) is 0.702. The van der Waals surface area contributed by atoms with Gasteiger partial charge in [-0.15, -0.1) is 0 Å². The molecule has 2 aromatic rings. The van der Waals surface area contributed by atoms with Crippen molar-refractivity contribution in [2.24, 2.45) is 7.05 Å². The average Bonchev–Trinajstić information content (AvgIpc) is 2.65. The fourth-order valence-electron chi connectivity index (χ4n) is 1.38. The lowest BCUT2D eigenvalue weighted by Gasteiger charge is -1.97. The minimum atomic E-state index is 0.0658. The zero-order chi connectivity index (χ0) is 10.7. The summed E-state index contributed by atoms with van der Waals surface area (Å²) in [6.07, 6.45) is 7.15. The van der Waals surface area contributed by atoms with Crippen molar-refractivity contribution in [3.63, 3.8) is 0 Å². The van der Waals surface area contributed by atoms with Crippen LogP contribution in [0.2, 0.25) is 0 Å². The standard InChI is InChI=1S/C11H11N3O/c1-14-8-9(6-13-14)5-11(15)10-3-2-4-12-7-10/h2-4,6-8H,5H2,1H3. The van der Waals surface area contributed by atoms with Gasteiger partial charge in [0.25, 0.3) is 0 Å². The topological polar surface area (TPSA) is 47.8 Å². The molecule has 0 bridgehead atoms. The molecule has 0 atom stereocenters. The Morgan fingerprint density at radius 2 is 2.33 bits per heavy atom. The number of nitrogens with zero attached hydrogens (tertiary/aromatic N) is 3. The lowest BCUT2D eigenvalue weighted by atomic mass is 10.1. The van der Waals surface area contributed by atoms with E-state index in [1.807, 2.05) is 13.2 Å². The number of carbonyl (C=O) groups excluding carboxylic acids is 1. The lowest BCUT2D eigenvalue weighted by molar-refractivity contribution is 0.0992. The monoisotopic (exact) mass is 201 g/mol. The third kappa shape index (κ3) is 2.28. The number of carbonyl (C=O) groups is 1. The molecule has 0 fully saturated rings. The van der Waals surface area contributed by atoms with Crippen LogP contribution in [0.25, 0.3) is 0 Å². The molecule has 0 unspecified atom stereocenters. The number of aromatic nitrogens is 3. The van der Waals surface area contributed by atoms with E-state index < -0.39 is 0 Å². The molecule has 0 amide bonds. The Morgan fingerprint density at radius 3 is 2.93 bits per heavy atom. The van der Waals surface area contributed by atoms with Gasteiger partial charge in [-0.1, -0.05) is 0 Å². The van der Waals surface area contributed by atoms with E-state index in [0.29, 0.717) is 12.0 Å². The highest BCUT2D eigenvalue weighted by molar-refractivity contribution is 5.97. The van der Waals surface area contributed by atoms with Crippen molar-refractivity contribution < 1.29 is 4.79 Å². The molecule has 0 aliphatic heterocycles. The van der Waals surface area contributed by atoms with Gasteiger partial charge in [0.1, 0.15) is 0 Å². The van der Waals surface area contributed by atoms with Gasteiger partial charge in [-0.05, 0) is 17.7 Å². The van der Waals surface area contributed by atoms with Gasteiger partial charge in [0.2, 0.25) is 0 Å². The Morgan fingerprint density at radius 1 is 1.47 bits per heavy atom. The van der Waals surface area contributed by atoms with Crippen molar-refractivity contribution in [2.75, 3.05) is 0 Å². The van der Waals surface area contributed by atoms with Crippen molar-refractivity contribution in [2.45, 2.75) is 6.42 Å². The summed E-state index contributed by atoms with van der Waals surface area (Å²) in [6, 6.07) is 3.53. The molecule has 0 spiro atoms. The summed E-state index contributed by atoms with van der Waals surface area (Å²) in [5.74, 6) is 0.0658. The Hall–Kier alpha value is -1.97. The van der Waals surface area contributed by atoms with Crippen LogP contribution in [0, 0.1) is 0 Å². The predicted molar refractivity (Wildman–Crippen MR) is 55.5 cm³/mol. The van der Waals surface area contributed by atoms with Crippen molar-refractivity contribution >= 4 is 5.78 Å². The number of hydrogen-bond acceptors (Lipinski definition) is 3. The number of rotatable bonds is 3. The molecule has 0 aliphatic carbocycles. The van der Waals surface area contributed by atoms with Crippen molar-refractivity contribution in [1.82, 2.24) is 14.8 Å². The summed E-state index contributed by atoms with van der Waals surface area (Å²) in [5, 5.41) is 4.01. The van der Waals surface area contributed by atoms with E-state index in [-0.39, 0.29) is 5.78 Å². The summed E-state index contributed by atoms with van der Waals surface area (Å²) in [4.78, 5) is 15.7. The minimum absolute atomic E-state index is 0.0658. The SMILES string of the molecule is Cn1cc(CC(=O)c2cccnc2)cn1. The van der Waals surface area contributed by atoms with E-state index in [1.165, 1.54) is 0 Å². The fraction of sp³-hybridized carbons (Fsp3) is 0.182. The van der Waals surface area contributed by atoms with E-state index >= 15 is 0 Å². The van der Waals surface area contributed by atoms with Crippen LogP contribution >= 0.6 is 0 Å². The average molecular weight is 201 g/mol. The Balaban J connectivity index is 2.11. The van der Waals surface area contributed by atoms with Gasteiger partial charge in [-0.25, -0.2) is 0 Å². The minimum Gasteiger partial charge on any atom is -0.294 e. The summed E-state index contributed by atoms with van der Waals surface area (Å²) in [6.45, 7) is 0. The van der Waals surface area contributed by atoms with Crippen molar-refractivity contribution in [3.05, 3.63) is 48.0 Å². The van der Waals surface area contributed by atoms with E-state index in [4.69, 9.17) is 0 Å². The number of pyridine rings is 1. The van der Waals surface area contributed by atoms with Crippen LogP contribution in [0.5, 0.6) is 0 Å². The second-order valence-corrected chi connectivity index (χ2v) is 3.36. The highest BCUT2D eigenvalue weighted by atomic mass is 16.1. The first-order valence-corrected chi connectivity index (χ1v) is 4.66. The lowest BCUT2D eigenvalue weighted by Crippen LogP contribution is -2.02. The zero-order valence-electron chi connectivity index (χ0n) is 8.42. The van der Waals surface area contributed by atoms with Gasteiger partial charge < -0.3 is 0 Å². The molecule has 0 radical (unpaired) electrons. The van der Waals surface area contributed by atoms with Crippen molar-refractivity contribution in [1.29, 1.82) is 0 Å². The smallest absolute Gasteiger partial charge is 0.168 e. The summed E-state index contributed by atoms with van der Waals surface area (Å²) in [7, 11) is 1.83.